The highest BCUT2D eigenvalue weighted by Crippen LogP contribution is 2.37. The number of fused-ring (bicyclic) bond motifs is 2. The van der Waals surface area contributed by atoms with Crippen LogP contribution in [0.4, 0.5) is 0 Å². The Morgan fingerprint density at radius 2 is 2.20 bits per heavy atom. The van der Waals surface area contributed by atoms with Crippen LogP contribution in [0.5, 0.6) is 0 Å². The Labute approximate surface area is 146 Å². The highest BCUT2D eigenvalue weighted by Gasteiger charge is 2.29. The minimum absolute atomic E-state index is 0.0615. The van der Waals surface area contributed by atoms with Gasteiger partial charge in [-0.1, -0.05) is 18.2 Å². The standard InChI is InChI=1S/C20H22N4O/c1-12-3-2-4-15-14(9-21-18(12)15)10-24-8-7-17-16(11-24)20(25)23-19(22-17)13-5-6-13/h2-4,9,13,21H,5-8,10-11H2,1H3,(H,22,23,25). The number of rotatable bonds is 3. The van der Waals surface area contributed by atoms with Crippen LogP contribution in [-0.2, 0) is 19.5 Å². The van der Waals surface area contributed by atoms with Crippen molar-refractivity contribution in [1.82, 2.24) is 19.9 Å². The maximum atomic E-state index is 12.5. The zero-order chi connectivity index (χ0) is 17.0. The molecule has 0 unspecified atom stereocenters. The van der Waals surface area contributed by atoms with Crippen molar-refractivity contribution in [2.24, 2.45) is 0 Å². The van der Waals surface area contributed by atoms with Gasteiger partial charge >= 0.3 is 0 Å². The third kappa shape index (κ3) is 2.59. The average molecular weight is 334 g/mol. The zero-order valence-electron chi connectivity index (χ0n) is 14.4. The molecule has 2 aliphatic rings. The Balaban J connectivity index is 1.42. The van der Waals surface area contributed by atoms with Gasteiger partial charge in [0, 0.05) is 49.1 Å². The second-order valence-electron chi connectivity index (χ2n) is 7.42. The van der Waals surface area contributed by atoms with Gasteiger partial charge in [-0.15, -0.1) is 0 Å². The fourth-order valence-electron chi connectivity index (χ4n) is 3.92. The highest BCUT2D eigenvalue weighted by molar-refractivity contribution is 5.85. The number of aromatic nitrogens is 3. The molecule has 1 aliphatic heterocycles. The van der Waals surface area contributed by atoms with E-state index in [-0.39, 0.29) is 5.56 Å². The maximum absolute atomic E-state index is 12.5. The molecular weight excluding hydrogens is 312 g/mol. The molecule has 1 aliphatic carbocycles. The van der Waals surface area contributed by atoms with Crippen LogP contribution < -0.4 is 5.56 Å². The van der Waals surface area contributed by atoms with Crippen molar-refractivity contribution in [2.75, 3.05) is 6.54 Å². The molecule has 0 bridgehead atoms. The van der Waals surface area contributed by atoms with Crippen LogP contribution in [0.15, 0.2) is 29.2 Å². The van der Waals surface area contributed by atoms with Gasteiger partial charge in [-0.3, -0.25) is 9.69 Å². The first-order valence-corrected chi connectivity index (χ1v) is 9.09. The second kappa shape index (κ2) is 5.56. The molecule has 0 atom stereocenters. The Morgan fingerprint density at radius 1 is 1.32 bits per heavy atom. The number of nitrogens with one attached hydrogen (secondary N) is 2. The first-order chi connectivity index (χ1) is 12.2. The highest BCUT2D eigenvalue weighted by atomic mass is 16.1. The summed E-state index contributed by atoms with van der Waals surface area (Å²) in [6, 6.07) is 6.40. The van der Waals surface area contributed by atoms with Crippen molar-refractivity contribution >= 4 is 10.9 Å². The molecule has 0 amide bonds. The summed E-state index contributed by atoms with van der Waals surface area (Å²) in [5.41, 5.74) is 5.69. The summed E-state index contributed by atoms with van der Waals surface area (Å²) in [4.78, 5) is 26.0. The average Bonchev–Trinajstić information content (AvgIpc) is 3.38. The quantitative estimate of drug-likeness (QED) is 0.774. The van der Waals surface area contributed by atoms with Gasteiger partial charge in [-0.05, 0) is 30.9 Å². The molecule has 128 valence electrons. The number of benzene rings is 1. The fraction of sp³-hybridized carbons (Fsp3) is 0.400. The van der Waals surface area contributed by atoms with Gasteiger partial charge in [0.1, 0.15) is 5.82 Å². The zero-order valence-corrected chi connectivity index (χ0v) is 14.4. The summed E-state index contributed by atoms with van der Waals surface area (Å²) in [7, 11) is 0. The van der Waals surface area contributed by atoms with Gasteiger partial charge in [-0.2, -0.15) is 0 Å². The van der Waals surface area contributed by atoms with Crippen LogP contribution in [0.25, 0.3) is 10.9 Å². The number of hydrogen-bond donors (Lipinski definition) is 2. The van der Waals surface area contributed by atoms with Crippen LogP contribution >= 0.6 is 0 Å². The minimum Gasteiger partial charge on any atom is -0.361 e. The lowest BCUT2D eigenvalue weighted by atomic mass is 10.0. The molecule has 0 spiro atoms. The third-order valence-corrected chi connectivity index (χ3v) is 5.53. The van der Waals surface area contributed by atoms with Crippen molar-refractivity contribution in [3.8, 4) is 0 Å². The fourth-order valence-corrected chi connectivity index (χ4v) is 3.92. The molecule has 3 heterocycles. The predicted octanol–water partition coefficient (Wildman–Crippen LogP) is 3.00. The normalized spacial score (nSPS) is 17.8. The van der Waals surface area contributed by atoms with E-state index in [0.29, 0.717) is 12.5 Å². The van der Waals surface area contributed by atoms with E-state index in [0.717, 1.165) is 49.4 Å². The van der Waals surface area contributed by atoms with Crippen LogP contribution in [-0.4, -0.2) is 26.4 Å². The third-order valence-electron chi connectivity index (χ3n) is 5.53. The molecule has 3 aromatic rings. The van der Waals surface area contributed by atoms with E-state index in [4.69, 9.17) is 4.98 Å². The van der Waals surface area contributed by atoms with Crippen LogP contribution in [0.2, 0.25) is 0 Å². The molecule has 0 radical (unpaired) electrons. The van der Waals surface area contributed by atoms with Crippen molar-refractivity contribution in [3.05, 3.63) is 63.0 Å². The van der Waals surface area contributed by atoms with E-state index in [1.807, 2.05) is 0 Å². The summed E-state index contributed by atoms with van der Waals surface area (Å²) in [5.74, 6) is 1.40. The molecule has 0 saturated heterocycles. The smallest absolute Gasteiger partial charge is 0.255 e. The van der Waals surface area contributed by atoms with E-state index < -0.39 is 0 Å². The van der Waals surface area contributed by atoms with Gasteiger partial charge in [0.25, 0.3) is 5.56 Å². The molecule has 5 nitrogen and oxygen atoms in total. The maximum Gasteiger partial charge on any atom is 0.255 e. The summed E-state index contributed by atoms with van der Waals surface area (Å²) in [6.07, 6.45) is 5.29. The van der Waals surface area contributed by atoms with Crippen molar-refractivity contribution in [3.63, 3.8) is 0 Å². The molecule has 2 aromatic heterocycles. The summed E-state index contributed by atoms with van der Waals surface area (Å²) in [5, 5.41) is 1.28. The predicted molar refractivity (Wildman–Crippen MR) is 97.7 cm³/mol. The van der Waals surface area contributed by atoms with E-state index in [1.54, 1.807) is 0 Å². The van der Waals surface area contributed by atoms with Crippen molar-refractivity contribution in [1.29, 1.82) is 0 Å². The Morgan fingerprint density at radius 3 is 3.04 bits per heavy atom. The number of aryl methyl sites for hydroxylation is 1. The van der Waals surface area contributed by atoms with Gasteiger partial charge < -0.3 is 9.97 Å². The summed E-state index contributed by atoms with van der Waals surface area (Å²) in [6.45, 7) is 4.61. The molecule has 1 fully saturated rings. The SMILES string of the molecule is Cc1cccc2c(CN3CCc4nc(C5CC5)[nH]c(=O)c4C3)c[nH]c12. The Kier molecular flexibility index (Phi) is 3.31. The molecule has 1 aromatic carbocycles. The minimum atomic E-state index is 0.0615. The molecule has 5 rings (SSSR count). The van der Waals surface area contributed by atoms with Crippen LogP contribution in [0.3, 0.4) is 0 Å². The van der Waals surface area contributed by atoms with Crippen molar-refractivity contribution < 1.29 is 0 Å². The lowest BCUT2D eigenvalue weighted by Crippen LogP contribution is -2.35. The number of hydrogen-bond acceptors (Lipinski definition) is 3. The van der Waals surface area contributed by atoms with E-state index in [9.17, 15) is 4.79 Å². The number of H-pyrrole nitrogens is 2. The van der Waals surface area contributed by atoms with Gasteiger partial charge in [0.05, 0.1) is 11.3 Å². The van der Waals surface area contributed by atoms with E-state index >= 15 is 0 Å². The molecule has 25 heavy (non-hydrogen) atoms. The van der Waals surface area contributed by atoms with Crippen LogP contribution in [0.1, 0.15) is 47.0 Å². The number of para-hydroxylation sites is 1. The Hall–Kier alpha value is -2.40. The number of nitrogens with zero attached hydrogens (tertiary/aromatic N) is 2. The lowest BCUT2D eigenvalue weighted by molar-refractivity contribution is 0.242. The van der Waals surface area contributed by atoms with Gasteiger partial charge in [-0.25, -0.2) is 4.98 Å². The van der Waals surface area contributed by atoms with Crippen molar-refractivity contribution in [2.45, 2.75) is 45.2 Å². The van der Waals surface area contributed by atoms with Gasteiger partial charge in [0.15, 0.2) is 0 Å². The molecule has 2 N–H and O–H groups in total. The molecule has 1 saturated carbocycles. The van der Waals surface area contributed by atoms with Gasteiger partial charge in [0.2, 0.25) is 0 Å². The number of aromatic amines is 2. The lowest BCUT2D eigenvalue weighted by Gasteiger charge is -2.27. The summed E-state index contributed by atoms with van der Waals surface area (Å²) < 4.78 is 0. The largest absolute Gasteiger partial charge is 0.361 e. The topological polar surface area (TPSA) is 64.8 Å². The first kappa shape index (κ1) is 14.9. The molecular formula is C20H22N4O. The van der Waals surface area contributed by atoms with Crippen LogP contribution in [0, 0.1) is 6.92 Å². The second-order valence-corrected chi connectivity index (χ2v) is 7.42. The Bertz CT molecular complexity index is 1010. The summed E-state index contributed by atoms with van der Waals surface area (Å²) >= 11 is 0. The van der Waals surface area contributed by atoms with E-state index in [2.05, 4.69) is 46.2 Å². The van der Waals surface area contributed by atoms with E-state index in [1.165, 1.54) is 22.0 Å². The molecule has 5 heteroatoms. The first-order valence-electron chi connectivity index (χ1n) is 9.09. The monoisotopic (exact) mass is 334 g/mol.